The van der Waals surface area contributed by atoms with Crippen molar-refractivity contribution >= 4 is 40.7 Å². The average Bonchev–Trinajstić information content (AvgIpc) is 2.69. The number of hydrogen-bond acceptors (Lipinski definition) is 3. The van der Waals surface area contributed by atoms with Gasteiger partial charge in [-0.1, -0.05) is 30.0 Å². The number of benzene rings is 1. The molecule has 0 spiro atoms. The second-order valence-electron chi connectivity index (χ2n) is 3.62. The number of hydrogen-bond donors (Lipinski definition) is 1. The number of carboxylic acid groups (broad SMARTS) is 1. The van der Waals surface area contributed by atoms with Gasteiger partial charge in [0.1, 0.15) is 0 Å². The molecule has 1 aliphatic rings. The molecule has 84 valence electrons. The topological polar surface area (TPSA) is 37.3 Å². The summed E-state index contributed by atoms with van der Waals surface area (Å²) in [5, 5.41) is 11.2. The minimum absolute atomic E-state index is 0.374. The van der Waals surface area contributed by atoms with Crippen molar-refractivity contribution < 1.29 is 9.90 Å². The summed E-state index contributed by atoms with van der Waals surface area (Å²) in [6.45, 7) is 0. The van der Waals surface area contributed by atoms with Gasteiger partial charge in [0.05, 0.1) is 9.78 Å². The van der Waals surface area contributed by atoms with Crippen LogP contribution in [-0.4, -0.2) is 11.1 Å². The van der Waals surface area contributed by atoms with E-state index in [1.54, 1.807) is 29.2 Å². The summed E-state index contributed by atoms with van der Waals surface area (Å²) in [6.07, 6.45) is 1.75. The largest absolute Gasteiger partial charge is 0.478 e. The highest BCUT2D eigenvalue weighted by atomic mass is 32.2. The van der Waals surface area contributed by atoms with Gasteiger partial charge in [-0.05, 0) is 29.2 Å². The van der Waals surface area contributed by atoms with Crippen LogP contribution in [0.4, 0.5) is 0 Å². The molecule has 2 aromatic rings. The summed E-state index contributed by atoms with van der Waals surface area (Å²) in [5.41, 5.74) is 2.17. The summed E-state index contributed by atoms with van der Waals surface area (Å²) in [4.78, 5) is 12.4. The van der Waals surface area contributed by atoms with Crippen LogP contribution in [0.1, 0.15) is 11.1 Å². The first-order chi connectivity index (χ1) is 8.25. The van der Waals surface area contributed by atoms with Crippen molar-refractivity contribution in [1.29, 1.82) is 0 Å². The molecule has 0 unspecified atom stereocenters. The molecule has 1 N–H and O–H groups in total. The minimum atomic E-state index is -0.873. The first kappa shape index (κ1) is 10.6. The van der Waals surface area contributed by atoms with Gasteiger partial charge in [-0.25, -0.2) is 4.79 Å². The van der Waals surface area contributed by atoms with Crippen LogP contribution in [0.5, 0.6) is 0 Å². The van der Waals surface area contributed by atoms with Crippen molar-refractivity contribution in [1.82, 2.24) is 0 Å². The Kier molecular flexibility index (Phi) is 2.53. The Morgan fingerprint density at radius 2 is 2.00 bits per heavy atom. The van der Waals surface area contributed by atoms with Gasteiger partial charge in [-0.2, -0.15) is 0 Å². The van der Waals surface area contributed by atoms with E-state index in [-0.39, 0.29) is 0 Å². The molecule has 3 rings (SSSR count). The molecule has 0 saturated heterocycles. The fraction of sp³-hybridized carbons (Fsp3) is 0. The molecular weight excluding hydrogens is 252 g/mol. The molecule has 0 saturated carbocycles. The van der Waals surface area contributed by atoms with E-state index in [4.69, 9.17) is 0 Å². The van der Waals surface area contributed by atoms with Crippen molar-refractivity contribution in [2.75, 3.05) is 0 Å². The molecule has 2 nitrogen and oxygen atoms in total. The maximum atomic E-state index is 11.3. The lowest BCUT2D eigenvalue weighted by Crippen LogP contribution is -1.98. The Hall–Kier alpha value is -1.52. The molecule has 17 heavy (non-hydrogen) atoms. The van der Waals surface area contributed by atoms with Crippen molar-refractivity contribution in [2.24, 2.45) is 0 Å². The number of carbonyl (C=O) groups is 1. The summed E-state index contributed by atoms with van der Waals surface area (Å²) in [6, 6.07) is 9.74. The molecule has 0 atom stereocenters. The Morgan fingerprint density at radius 1 is 1.18 bits per heavy atom. The van der Waals surface area contributed by atoms with E-state index in [1.165, 1.54) is 0 Å². The Morgan fingerprint density at radius 3 is 2.82 bits per heavy atom. The summed E-state index contributed by atoms with van der Waals surface area (Å²) >= 11 is 3.22. The maximum absolute atomic E-state index is 11.3. The molecule has 0 amide bonds. The third kappa shape index (κ3) is 1.79. The van der Waals surface area contributed by atoms with Crippen LogP contribution in [0.15, 0.2) is 44.8 Å². The molecule has 1 aliphatic heterocycles. The number of thiophene rings is 1. The predicted molar refractivity (Wildman–Crippen MR) is 70.4 cm³/mol. The Labute approximate surface area is 107 Å². The second-order valence-corrected chi connectivity index (χ2v) is 5.85. The molecule has 0 bridgehead atoms. The van der Waals surface area contributed by atoms with Gasteiger partial charge >= 0.3 is 5.97 Å². The van der Waals surface area contributed by atoms with E-state index in [1.807, 2.05) is 35.7 Å². The van der Waals surface area contributed by atoms with Gasteiger partial charge in [0.2, 0.25) is 0 Å². The highest BCUT2D eigenvalue weighted by Crippen LogP contribution is 2.43. The molecule has 2 heterocycles. The third-order valence-corrected chi connectivity index (χ3v) is 4.81. The smallest absolute Gasteiger partial charge is 0.336 e. The average molecular weight is 260 g/mol. The van der Waals surface area contributed by atoms with Crippen LogP contribution in [-0.2, 0) is 4.79 Å². The van der Waals surface area contributed by atoms with Crippen molar-refractivity contribution in [3.63, 3.8) is 0 Å². The number of rotatable bonds is 1. The molecule has 0 aliphatic carbocycles. The van der Waals surface area contributed by atoms with Gasteiger partial charge < -0.3 is 5.11 Å². The van der Waals surface area contributed by atoms with E-state index in [0.29, 0.717) is 5.57 Å². The molecule has 4 heteroatoms. The van der Waals surface area contributed by atoms with Crippen LogP contribution in [0, 0.1) is 0 Å². The molecule has 0 radical (unpaired) electrons. The quantitative estimate of drug-likeness (QED) is 0.846. The highest BCUT2D eigenvalue weighted by molar-refractivity contribution is 8.01. The third-order valence-electron chi connectivity index (χ3n) is 2.57. The fourth-order valence-electron chi connectivity index (χ4n) is 1.78. The zero-order valence-electron chi connectivity index (χ0n) is 8.71. The van der Waals surface area contributed by atoms with Gasteiger partial charge in [-0.3, -0.25) is 0 Å². The Bertz CT molecular complexity index is 626. The van der Waals surface area contributed by atoms with Crippen molar-refractivity contribution in [2.45, 2.75) is 9.10 Å². The zero-order chi connectivity index (χ0) is 11.8. The summed E-state index contributed by atoms with van der Waals surface area (Å²) in [7, 11) is 0. The standard InChI is InChI=1S/C13H8O2S2/c14-12(15)10-7-8-3-1-2-4-11(8)17-13-9(10)5-6-16-13/h1-7H,(H,14,15). The Balaban J connectivity index is 2.27. The summed E-state index contributed by atoms with van der Waals surface area (Å²) < 4.78 is 1.05. The number of aliphatic carboxylic acids is 1. The number of fused-ring (bicyclic) bond motifs is 2. The highest BCUT2D eigenvalue weighted by Gasteiger charge is 2.20. The minimum Gasteiger partial charge on any atom is -0.478 e. The zero-order valence-corrected chi connectivity index (χ0v) is 10.3. The van der Waals surface area contributed by atoms with Crippen molar-refractivity contribution in [3.05, 3.63) is 46.8 Å². The van der Waals surface area contributed by atoms with Crippen LogP contribution in [0.2, 0.25) is 0 Å². The molecule has 0 fully saturated rings. The lowest BCUT2D eigenvalue weighted by molar-refractivity contribution is -0.130. The predicted octanol–water partition coefficient (Wildman–Crippen LogP) is 3.84. The summed E-state index contributed by atoms with van der Waals surface area (Å²) in [5.74, 6) is -0.873. The normalized spacial score (nSPS) is 13.3. The first-order valence-corrected chi connectivity index (χ1v) is 6.75. The van der Waals surface area contributed by atoms with Crippen LogP contribution < -0.4 is 0 Å². The van der Waals surface area contributed by atoms with Gasteiger partial charge in [0.15, 0.2) is 0 Å². The molecule has 1 aromatic carbocycles. The van der Waals surface area contributed by atoms with Gasteiger partial charge in [0, 0.05) is 10.5 Å². The maximum Gasteiger partial charge on any atom is 0.336 e. The van der Waals surface area contributed by atoms with E-state index in [0.717, 1.165) is 20.2 Å². The lowest BCUT2D eigenvalue weighted by atomic mass is 10.1. The van der Waals surface area contributed by atoms with Crippen LogP contribution >= 0.6 is 23.1 Å². The van der Waals surface area contributed by atoms with Crippen molar-refractivity contribution in [3.8, 4) is 0 Å². The van der Waals surface area contributed by atoms with E-state index in [2.05, 4.69) is 0 Å². The molecular formula is C13H8O2S2. The first-order valence-electron chi connectivity index (χ1n) is 5.05. The molecule has 1 aromatic heterocycles. The van der Waals surface area contributed by atoms with Gasteiger partial charge in [-0.15, -0.1) is 11.3 Å². The van der Waals surface area contributed by atoms with E-state index >= 15 is 0 Å². The monoisotopic (exact) mass is 260 g/mol. The van der Waals surface area contributed by atoms with Crippen LogP contribution in [0.25, 0.3) is 11.6 Å². The number of carboxylic acids is 1. The fourth-order valence-corrected chi connectivity index (χ4v) is 3.92. The second kappa shape index (κ2) is 4.05. The van der Waals surface area contributed by atoms with Gasteiger partial charge in [0.25, 0.3) is 0 Å². The van der Waals surface area contributed by atoms with Crippen LogP contribution in [0.3, 0.4) is 0 Å². The lowest BCUT2D eigenvalue weighted by Gasteiger charge is -2.00. The SMILES string of the molecule is O=C(O)C1=Cc2ccccc2Sc2sccc21. The van der Waals surface area contributed by atoms with E-state index < -0.39 is 5.97 Å². The van der Waals surface area contributed by atoms with E-state index in [9.17, 15) is 9.90 Å².